The minimum absolute atomic E-state index is 0.336. The summed E-state index contributed by atoms with van der Waals surface area (Å²) in [5.74, 6) is 1.34. The van der Waals surface area contributed by atoms with Gasteiger partial charge in [0.05, 0.1) is 0 Å². The lowest BCUT2D eigenvalue weighted by Crippen LogP contribution is -2.55. The predicted octanol–water partition coefficient (Wildman–Crippen LogP) is 1.62. The molecule has 0 spiro atoms. The average molecular weight is 124 g/mol. The quantitative estimate of drug-likeness (QED) is 0.511. The van der Waals surface area contributed by atoms with E-state index in [1.807, 2.05) is 0 Å². The van der Waals surface area contributed by atoms with Gasteiger partial charge in [-0.2, -0.15) is 0 Å². The standard InChI is InChI=1S/C8H12O/c1-6(5-9)8-2-7(3-8)4-8/h5-7H,2-4H2,1H3. The molecule has 1 heteroatoms. The highest BCUT2D eigenvalue weighted by Crippen LogP contribution is 2.67. The van der Waals surface area contributed by atoms with Crippen LogP contribution in [0, 0.1) is 17.3 Å². The zero-order chi connectivity index (χ0) is 6.48. The van der Waals surface area contributed by atoms with Gasteiger partial charge in [0.15, 0.2) is 0 Å². The fourth-order valence-electron chi connectivity index (χ4n) is 2.25. The maximum Gasteiger partial charge on any atom is 0.123 e. The van der Waals surface area contributed by atoms with Crippen molar-refractivity contribution in [3.05, 3.63) is 0 Å². The van der Waals surface area contributed by atoms with Crippen molar-refractivity contribution in [2.45, 2.75) is 26.2 Å². The van der Waals surface area contributed by atoms with Gasteiger partial charge in [0.25, 0.3) is 0 Å². The molecular weight excluding hydrogens is 112 g/mol. The molecule has 0 aromatic heterocycles. The highest BCUT2D eigenvalue weighted by Gasteiger charge is 2.58. The lowest BCUT2D eigenvalue weighted by Gasteiger charge is -2.64. The van der Waals surface area contributed by atoms with E-state index in [1.54, 1.807) is 0 Å². The molecule has 9 heavy (non-hydrogen) atoms. The average Bonchev–Trinajstić information content (AvgIpc) is 1.57. The van der Waals surface area contributed by atoms with Crippen LogP contribution < -0.4 is 0 Å². The van der Waals surface area contributed by atoms with Crippen LogP contribution in [0.15, 0.2) is 0 Å². The molecule has 1 nitrogen and oxygen atoms in total. The van der Waals surface area contributed by atoms with Gasteiger partial charge in [-0.3, -0.25) is 0 Å². The summed E-state index contributed by atoms with van der Waals surface area (Å²) in [7, 11) is 0. The molecule has 0 aromatic rings. The molecule has 0 aromatic carbocycles. The molecule has 0 heterocycles. The van der Waals surface area contributed by atoms with Crippen LogP contribution in [-0.4, -0.2) is 6.29 Å². The molecule has 3 aliphatic rings. The summed E-state index contributed by atoms with van der Waals surface area (Å²) in [6, 6.07) is 0. The van der Waals surface area contributed by atoms with E-state index >= 15 is 0 Å². The van der Waals surface area contributed by atoms with Gasteiger partial charge in [-0.25, -0.2) is 0 Å². The zero-order valence-corrected chi connectivity index (χ0v) is 5.76. The Morgan fingerprint density at radius 1 is 1.56 bits per heavy atom. The molecule has 1 atom stereocenters. The summed E-state index contributed by atoms with van der Waals surface area (Å²) >= 11 is 0. The minimum Gasteiger partial charge on any atom is -0.303 e. The summed E-state index contributed by atoms with van der Waals surface area (Å²) in [6.45, 7) is 2.06. The van der Waals surface area contributed by atoms with E-state index in [1.165, 1.54) is 19.3 Å². The van der Waals surface area contributed by atoms with Crippen molar-refractivity contribution < 1.29 is 4.79 Å². The maximum absolute atomic E-state index is 10.4. The van der Waals surface area contributed by atoms with Crippen LogP contribution in [-0.2, 0) is 4.79 Å². The Labute approximate surface area is 55.4 Å². The molecule has 1 unspecified atom stereocenters. The van der Waals surface area contributed by atoms with E-state index < -0.39 is 0 Å². The van der Waals surface area contributed by atoms with Crippen molar-refractivity contribution in [3.63, 3.8) is 0 Å². The van der Waals surface area contributed by atoms with Gasteiger partial charge in [0, 0.05) is 5.92 Å². The lowest BCUT2D eigenvalue weighted by atomic mass is 9.41. The Morgan fingerprint density at radius 3 is 2.22 bits per heavy atom. The van der Waals surface area contributed by atoms with Crippen LogP contribution in [0.2, 0.25) is 0 Å². The fourth-order valence-corrected chi connectivity index (χ4v) is 2.25. The van der Waals surface area contributed by atoms with Crippen molar-refractivity contribution in [2.24, 2.45) is 17.3 Å². The number of rotatable bonds is 2. The van der Waals surface area contributed by atoms with E-state index in [0.717, 1.165) is 12.2 Å². The molecule has 0 amide bonds. The molecule has 0 N–H and O–H groups in total. The highest BCUT2D eigenvalue weighted by molar-refractivity contribution is 5.55. The Kier molecular flexibility index (Phi) is 0.842. The van der Waals surface area contributed by atoms with E-state index in [0.29, 0.717) is 11.3 Å². The minimum atomic E-state index is 0.336. The van der Waals surface area contributed by atoms with Crippen LogP contribution in [0.3, 0.4) is 0 Å². The lowest BCUT2D eigenvalue weighted by molar-refractivity contribution is -0.154. The monoisotopic (exact) mass is 124 g/mol. The number of aldehydes is 1. The molecular formula is C8H12O. The molecule has 3 saturated carbocycles. The highest BCUT2D eigenvalue weighted by atomic mass is 16.1. The second-order valence-corrected chi connectivity index (χ2v) is 3.77. The van der Waals surface area contributed by atoms with E-state index in [-0.39, 0.29) is 0 Å². The Balaban J connectivity index is 2.04. The SMILES string of the molecule is CC(C=O)C12CC(C1)C2. The summed E-state index contributed by atoms with van der Waals surface area (Å²) in [4.78, 5) is 10.4. The topological polar surface area (TPSA) is 17.1 Å². The van der Waals surface area contributed by atoms with Gasteiger partial charge in [-0.15, -0.1) is 0 Å². The van der Waals surface area contributed by atoms with Crippen molar-refractivity contribution in [2.75, 3.05) is 0 Å². The maximum atomic E-state index is 10.4. The first-order valence-electron chi connectivity index (χ1n) is 3.72. The van der Waals surface area contributed by atoms with Gasteiger partial charge in [-0.05, 0) is 30.6 Å². The summed E-state index contributed by atoms with van der Waals surface area (Å²) in [5.41, 5.74) is 0.506. The van der Waals surface area contributed by atoms with Crippen LogP contribution in [0.25, 0.3) is 0 Å². The van der Waals surface area contributed by atoms with E-state index in [4.69, 9.17) is 0 Å². The summed E-state index contributed by atoms with van der Waals surface area (Å²) < 4.78 is 0. The second-order valence-electron chi connectivity index (χ2n) is 3.77. The third kappa shape index (κ3) is 0.480. The Morgan fingerprint density at radius 2 is 2.11 bits per heavy atom. The van der Waals surface area contributed by atoms with Gasteiger partial charge in [0.1, 0.15) is 6.29 Å². The van der Waals surface area contributed by atoms with E-state index in [2.05, 4.69) is 6.92 Å². The predicted molar refractivity (Wildman–Crippen MR) is 35.0 cm³/mol. The fraction of sp³-hybridized carbons (Fsp3) is 0.875. The number of hydrogen-bond donors (Lipinski definition) is 0. The molecule has 3 aliphatic carbocycles. The summed E-state index contributed by atoms with van der Waals surface area (Å²) in [5, 5.41) is 0. The second kappa shape index (κ2) is 1.39. The van der Waals surface area contributed by atoms with Crippen molar-refractivity contribution in [1.29, 1.82) is 0 Å². The van der Waals surface area contributed by atoms with Crippen LogP contribution >= 0.6 is 0 Å². The molecule has 2 bridgehead atoms. The first kappa shape index (κ1) is 5.45. The van der Waals surface area contributed by atoms with Crippen molar-refractivity contribution in [1.82, 2.24) is 0 Å². The van der Waals surface area contributed by atoms with Crippen molar-refractivity contribution >= 4 is 6.29 Å². The first-order chi connectivity index (χ1) is 4.27. The van der Waals surface area contributed by atoms with E-state index in [9.17, 15) is 4.79 Å². The van der Waals surface area contributed by atoms with Crippen LogP contribution in [0.1, 0.15) is 26.2 Å². The van der Waals surface area contributed by atoms with Gasteiger partial charge in [0.2, 0.25) is 0 Å². The molecule has 0 saturated heterocycles. The molecule has 50 valence electrons. The first-order valence-corrected chi connectivity index (χ1v) is 3.72. The van der Waals surface area contributed by atoms with Gasteiger partial charge < -0.3 is 4.79 Å². The van der Waals surface area contributed by atoms with Crippen LogP contribution in [0.5, 0.6) is 0 Å². The summed E-state index contributed by atoms with van der Waals surface area (Å²) in [6.07, 6.45) is 5.14. The Bertz CT molecular complexity index is 134. The zero-order valence-electron chi connectivity index (χ0n) is 5.76. The molecule has 3 fully saturated rings. The molecule has 0 aliphatic heterocycles. The smallest absolute Gasteiger partial charge is 0.123 e. The van der Waals surface area contributed by atoms with Gasteiger partial charge >= 0.3 is 0 Å². The molecule has 3 rings (SSSR count). The van der Waals surface area contributed by atoms with Gasteiger partial charge in [-0.1, -0.05) is 6.92 Å². The third-order valence-corrected chi connectivity index (χ3v) is 3.26. The third-order valence-electron chi connectivity index (χ3n) is 3.26. The van der Waals surface area contributed by atoms with Crippen LogP contribution in [0.4, 0.5) is 0 Å². The number of carbonyl (C=O) groups is 1. The number of carbonyl (C=O) groups excluding carboxylic acids is 1. The van der Waals surface area contributed by atoms with Crippen molar-refractivity contribution in [3.8, 4) is 0 Å². The molecule has 0 radical (unpaired) electrons. The number of hydrogen-bond acceptors (Lipinski definition) is 1. The normalized spacial score (nSPS) is 48.8. The Hall–Kier alpha value is -0.330. The largest absolute Gasteiger partial charge is 0.303 e.